The van der Waals surface area contributed by atoms with Crippen LogP contribution in [0.4, 0.5) is 10.1 Å². The van der Waals surface area contributed by atoms with Crippen molar-refractivity contribution in [1.29, 1.82) is 0 Å². The fraction of sp³-hybridized carbons (Fsp3) is 0.143. The monoisotopic (exact) mass is 218 g/mol. The van der Waals surface area contributed by atoms with Gasteiger partial charge in [0.2, 0.25) is 0 Å². The van der Waals surface area contributed by atoms with E-state index in [-0.39, 0.29) is 5.69 Å². The van der Waals surface area contributed by atoms with Gasteiger partial charge in [-0.15, -0.1) is 5.11 Å². The van der Waals surface area contributed by atoms with Crippen LogP contribution in [0.3, 0.4) is 0 Å². The minimum Gasteiger partial charge on any atom is -0.306 e. The topological polar surface area (TPSA) is 71.2 Å². The molecule has 0 saturated heterocycles. The van der Waals surface area contributed by atoms with Crippen LogP contribution < -0.4 is 0 Å². The van der Waals surface area contributed by atoms with Gasteiger partial charge in [-0.25, -0.2) is 8.96 Å². The maximum atomic E-state index is 12.6. The Morgan fingerprint density at radius 3 is 2.86 bits per heavy atom. The Hall–Kier alpha value is -1.10. The van der Waals surface area contributed by atoms with Crippen molar-refractivity contribution in [3.8, 4) is 0 Å². The Bertz CT molecular complexity index is 396. The van der Waals surface area contributed by atoms with Crippen LogP contribution in [0.5, 0.6) is 0 Å². The van der Waals surface area contributed by atoms with E-state index in [0.29, 0.717) is 0 Å². The van der Waals surface area contributed by atoms with Gasteiger partial charge < -0.3 is 4.89 Å². The first-order chi connectivity index (χ1) is 6.53. The van der Waals surface area contributed by atoms with Gasteiger partial charge in [-0.1, -0.05) is 11.0 Å². The number of halogens is 1. The molecule has 0 spiro atoms. The zero-order valence-corrected chi connectivity index (χ0v) is 8.19. The first-order valence-corrected chi connectivity index (χ1v) is 5.14. The maximum Gasteiger partial charge on any atom is 0.469 e. The van der Waals surface area contributed by atoms with Gasteiger partial charge in [-0.2, -0.15) is 0 Å². The van der Waals surface area contributed by atoms with E-state index >= 15 is 0 Å². The quantitative estimate of drug-likeness (QED) is 0.626. The van der Waals surface area contributed by atoms with Gasteiger partial charge in [-0.3, -0.25) is 4.52 Å². The SMILES string of the molecule is COP(=O)(O)N=Nc1cccc(F)c1. The predicted octanol–water partition coefficient (Wildman–Crippen LogP) is 2.66. The second-order valence-corrected chi connectivity index (χ2v) is 3.87. The molecule has 5 nitrogen and oxygen atoms in total. The van der Waals surface area contributed by atoms with Crippen molar-refractivity contribution in [3.05, 3.63) is 30.1 Å². The molecule has 1 aromatic rings. The van der Waals surface area contributed by atoms with E-state index < -0.39 is 13.6 Å². The Balaban J connectivity index is 2.84. The van der Waals surface area contributed by atoms with Gasteiger partial charge in [0.25, 0.3) is 0 Å². The van der Waals surface area contributed by atoms with E-state index in [1.54, 1.807) is 0 Å². The zero-order valence-electron chi connectivity index (χ0n) is 7.29. The minimum atomic E-state index is -4.02. The van der Waals surface area contributed by atoms with Gasteiger partial charge in [0, 0.05) is 13.2 Å². The van der Waals surface area contributed by atoms with Gasteiger partial charge in [-0.05, 0) is 12.1 Å². The summed E-state index contributed by atoms with van der Waals surface area (Å²) in [5.74, 6) is -0.494. The maximum absolute atomic E-state index is 12.6. The summed E-state index contributed by atoms with van der Waals surface area (Å²) in [7, 11) is -2.98. The van der Waals surface area contributed by atoms with Crippen molar-refractivity contribution in [2.24, 2.45) is 10.00 Å². The van der Waals surface area contributed by atoms with Crippen molar-refractivity contribution < 1.29 is 18.4 Å². The molecule has 0 bridgehead atoms. The fourth-order valence-corrected chi connectivity index (χ4v) is 0.972. The highest BCUT2D eigenvalue weighted by molar-refractivity contribution is 7.51. The first-order valence-electron chi connectivity index (χ1n) is 3.61. The minimum absolute atomic E-state index is 0.149. The van der Waals surface area contributed by atoms with Crippen LogP contribution in [-0.4, -0.2) is 12.0 Å². The molecular weight excluding hydrogens is 210 g/mol. The highest BCUT2D eigenvalue weighted by atomic mass is 31.2. The standard InChI is InChI=1S/C7H8FN2O3P/c1-13-14(11,12)10-9-7-4-2-3-6(8)5-7/h2-5H,1H3,(H,11,12). The summed E-state index contributed by atoms with van der Waals surface area (Å²) in [5.41, 5.74) is 0.149. The summed E-state index contributed by atoms with van der Waals surface area (Å²) >= 11 is 0. The molecule has 1 unspecified atom stereocenters. The summed E-state index contributed by atoms with van der Waals surface area (Å²) in [6.07, 6.45) is 0. The highest BCUT2D eigenvalue weighted by Gasteiger charge is 2.14. The summed E-state index contributed by atoms with van der Waals surface area (Å²) in [6.45, 7) is 0. The van der Waals surface area contributed by atoms with E-state index in [4.69, 9.17) is 4.89 Å². The molecule has 0 amide bonds. The van der Waals surface area contributed by atoms with Gasteiger partial charge >= 0.3 is 7.75 Å². The number of rotatable bonds is 3. The lowest BCUT2D eigenvalue weighted by Gasteiger charge is -1.98. The number of hydrogen-bond acceptors (Lipinski definition) is 3. The van der Waals surface area contributed by atoms with E-state index in [2.05, 4.69) is 14.5 Å². The van der Waals surface area contributed by atoms with Crippen molar-refractivity contribution in [1.82, 2.24) is 0 Å². The fourth-order valence-electron chi connectivity index (χ4n) is 0.683. The molecule has 0 aliphatic rings. The molecule has 1 N–H and O–H groups in total. The smallest absolute Gasteiger partial charge is 0.306 e. The van der Waals surface area contributed by atoms with Crippen LogP contribution in [0, 0.1) is 5.82 Å². The van der Waals surface area contributed by atoms with E-state index in [1.807, 2.05) is 0 Å². The molecule has 0 radical (unpaired) electrons. The molecule has 0 aromatic heterocycles. The highest BCUT2D eigenvalue weighted by Crippen LogP contribution is 2.43. The molecule has 1 rings (SSSR count). The predicted molar refractivity (Wildman–Crippen MR) is 47.8 cm³/mol. The zero-order chi connectivity index (χ0) is 10.6. The van der Waals surface area contributed by atoms with Crippen molar-refractivity contribution >= 4 is 13.4 Å². The molecule has 14 heavy (non-hydrogen) atoms. The molecule has 76 valence electrons. The van der Waals surface area contributed by atoms with Crippen LogP contribution in [0.25, 0.3) is 0 Å². The van der Waals surface area contributed by atoms with Gasteiger partial charge in [0.05, 0.1) is 5.69 Å². The average molecular weight is 218 g/mol. The summed E-state index contributed by atoms with van der Waals surface area (Å²) in [6, 6.07) is 5.17. The molecule has 0 aliphatic carbocycles. The largest absolute Gasteiger partial charge is 0.469 e. The lowest BCUT2D eigenvalue weighted by atomic mass is 10.3. The normalized spacial score (nSPS) is 15.6. The molecule has 0 aliphatic heterocycles. The Labute approximate surface area is 79.8 Å². The average Bonchev–Trinajstić information content (AvgIpc) is 2.15. The molecular formula is C7H8FN2O3P. The second-order valence-electron chi connectivity index (χ2n) is 2.34. The Kier molecular flexibility index (Phi) is 3.46. The third-order valence-electron chi connectivity index (χ3n) is 1.32. The third-order valence-corrected chi connectivity index (χ3v) is 2.11. The van der Waals surface area contributed by atoms with Crippen LogP contribution in [-0.2, 0) is 9.09 Å². The summed E-state index contributed by atoms with van der Waals surface area (Å²) < 4.78 is 27.6. The Morgan fingerprint density at radius 2 is 2.29 bits per heavy atom. The van der Waals surface area contributed by atoms with Crippen LogP contribution >= 0.6 is 7.75 Å². The van der Waals surface area contributed by atoms with Gasteiger partial charge in [0.15, 0.2) is 0 Å². The lowest BCUT2D eigenvalue weighted by Crippen LogP contribution is -1.76. The number of benzene rings is 1. The van der Waals surface area contributed by atoms with Crippen molar-refractivity contribution in [3.63, 3.8) is 0 Å². The van der Waals surface area contributed by atoms with Crippen LogP contribution in [0.15, 0.2) is 34.3 Å². The number of hydrogen-bond donors (Lipinski definition) is 1. The third kappa shape index (κ3) is 3.33. The molecule has 1 aromatic carbocycles. The first kappa shape index (κ1) is 11.0. The van der Waals surface area contributed by atoms with Crippen LogP contribution in [0.2, 0.25) is 0 Å². The lowest BCUT2D eigenvalue weighted by molar-refractivity contribution is 0.315. The molecule has 1 atom stereocenters. The molecule has 0 fully saturated rings. The molecule has 0 heterocycles. The summed E-state index contributed by atoms with van der Waals surface area (Å²) in [5, 5.41) is 3.36. The van der Waals surface area contributed by atoms with Crippen molar-refractivity contribution in [2.75, 3.05) is 7.11 Å². The Morgan fingerprint density at radius 1 is 1.57 bits per heavy atom. The second kappa shape index (κ2) is 4.41. The number of nitrogens with zero attached hydrogens (tertiary/aromatic N) is 2. The molecule has 0 saturated carbocycles. The van der Waals surface area contributed by atoms with Crippen LogP contribution in [0.1, 0.15) is 0 Å². The van der Waals surface area contributed by atoms with E-state index in [9.17, 15) is 8.96 Å². The van der Waals surface area contributed by atoms with Gasteiger partial charge in [0.1, 0.15) is 5.82 Å². The van der Waals surface area contributed by atoms with Crippen molar-refractivity contribution in [2.45, 2.75) is 0 Å². The van der Waals surface area contributed by atoms with E-state index in [1.165, 1.54) is 18.2 Å². The molecule has 7 heteroatoms. The summed E-state index contributed by atoms with van der Waals surface area (Å²) in [4.78, 5) is 11.9. The van der Waals surface area contributed by atoms with E-state index in [0.717, 1.165) is 13.2 Å².